The highest BCUT2D eigenvalue weighted by molar-refractivity contribution is 5.85. The lowest BCUT2D eigenvalue weighted by Crippen LogP contribution is -2.39. The highest BCUT2D eigenvalue weighted by atomic mass is 16.4. The molecule has 0 radical (unpaired) electrons. The van der Waals surface area contributed by atoms with Crippen molar-refractivity contribution in [1.29, 1.82) is 0 Å². The number of carboxylic acid groups (broad SMARTS) is 1. The minimum absolute atomic E-state index is 0.0975. The van der Waals surface area contributed by atoms with Crippen LogP contribution in [0.5, 0.6) is 0 Å². The second-order valence-corrected chi connectivity index (χ2v) is 5.36. The summed E-state index contributed by atoms with van der Waals surface area (Å²) >= 11 is 0. The first-order valence-corrected chi connectivity index (χ1v) is 6.19. The molecule has 5 heteroatoms. The molecule has 0 aliphatic heterocycles. The van der Waals surface area contributed by atoms with E-state index in [9.17, 15) is 9.59 Å². The molecule has 1 amide bonds. The fraction of sp³-hybridized carbons (Fsp3) is 0.833. The number of aliphatic hydroxyl groups excluding tert-OH is 1. The topological polar surface area (TPSA) is 86.6 Å². The van der Waals surface area contributed by atoms with E-state index in [4.69, 9.17) is 10.2 Å². The minimum atomic E-state index is -0.869. The first-order chi connectivity index (χ1) is 8.08. The van der Waals surface area contributed by atoms with Gasteiger partial charge < -0.3 is 15.5 Å². The summed E-state index contributed by atoms with van der Waals surface area (Å²) in [7, 11) is 0. The number of aliphatic hydroxyl groups is 1. The van der Waals surface area contributed by atoms with Gasteiger partial charge in [-0.05, 0) is 25.7 Å². The van der Waals surface area contributed by atoms with Crippen molar-refractivity contribution in [2.75, 3.05) is 13.2 Å². The summed E-state index contributed by atoms with van der Waals surface area (Å²) in [6.45, 7) is 0.575. The van der Waals surface area contributed by atoms with Gasteiger partial charge in [-0.3, -0.25) is 9.59 Å². The van der Waals surface area contributed by atoms with Crippen molar-refractivity contribution in [3.05, 3.63) is 0 Å². The number of hydrogen-bond donors (Lipinski definition) is 3. The maximum atomic E-state index is 11.9. The molecule has 0 aromatic carbocycles. The molecule has 0 saturated heterocycles. The van der Waals surface area contributed by atoms with Crippen LogP contribution in [0.4, 0.5) is 0 Å². The molecule has 2 aliphatic carbocycles. The molecule has 2 unspecified atom stereocenters. The van der Waals surface area contributed by atoms with E-state index < -0.39 is 11.9 Å². The standard InChI is InChI=1S/C12H19NO4/c14-7-12(4-5-12)6-13-10(15)8-2-1-3-9(8)11(16)17/h8-9,14H,1-7H2,(H,13,15)(H,16,17). The minimum Gasteiger partial charge on any atom is -0.481 e. The van der Waals surface area contributed by atoms with E-state index in [0.29, 0.717) is 19.4 Å². The molecule has 2 aliphatic rings. The summed E-state index contributed by atoms with van der Waals surface area (Å²) in [5.74, 6) is -1.94. The van der Waals surface area contributed by atoms with Gasteiger partial charge in [-0.2, -0.15) is 0 Å². The maximum Gasteiger partial charge on any atom is 0.307 e. The van der Waals surface area contributed by atoms with Crippen molar-refractivity contribution in [3.8, 4) is 0 Å². The number of carbonyl (C=O) groups excluding carboxylic acids is 1. The van der Waals surface area contributed by atoms with E-state index in [2.05, 4.69) is 5.32 Å². The summed E-state index contributed by atoms with van der Waals surface area (Å²) < 4.78 is 0. The van der Waals surface area contributed by atoms with Gasteiger partial charge in [0, 0.05) is 12.0 Å². The SMILES string of the molecule is O=C(O)C1CCCC1C(=O)NCC1(CO)CC1. The molecular formula is C12H19NO4. The maximum absolute atomic E-state index is 11.9. The van der Waals surface area contributed by atoms with Crippen molar-refractivity contribution in [3.63, 3.8) is 0 Å². The predicted octanol–water partition coefficient (Wildman–Crippen LogP) is 0.376. The Bertz CT molecular complexity index is 324. The molecular weight excluding hydrogens is 222 g/mol. The van der Waals surface area contributed by atoms with Crippen LogP contribution in [-0.2, 0) is 9.59 Å². The lowest BCUT2D eigenvalue weighted by Gasteiger charge is -2.18. The molecule has 0 aromatic rings. The first-order valence-electron chi connectivity index (χ1n) is 6.19. The fourth-order valence-corrected chi connectivity index (χ4v) is 2.54. The Kier molecular flexibility index (Phi) is 3.38. The lowest BCUT2D eigenvalue weighted by molar-refractivity contribution is -0.146. The van der Waals surface area contributed by atoms with Gasteiger partial charge >= 0.3 is 5.97 Å². The predicted molar refractivity (Wildman–Crippen MR) is 60.2 cm³/mol. The lowest BCUT2D eigenvalue weighted by atomic mass is 9.95. The van der Waals surface area contributed by atoms with Gasteiger partial charge in [-0.25, -0.2) is 0 Å². The second kappa shape index (κ2) is 4.64. The quantitative estimate of drug-likeness (QED) is 0.649. The molecule has 2 fully saturated rings. The number of carbonyl (C=O) groups is 2. The third kappa shape index (κ3) is 2.60. The molecule has 2 atom stereocenters. The van der Waals surface area contributed by atoms with Crippen LogP contribution >= 0.6 is 0 Å². The number of amides is 1. The van der Waals surface area contributed by atoms with Gasteiger partial charge in [0.05, 0.1) is 18.4 Å². The Hall–Kier alpha value is -1.10. The number of aliphatic carboxylic acids is 1. The Morgan fingerprint density at radius 3 is 2.41 bits per heavy atom. The molecule has 3 N–H and O–H groups in total. The normalized spacial score (nSPS) is 29.9. The number of hydrogen-bond acceptors (Lipinski definition) is 3. The highest BCUT2D eigenvalue weighted by Gasteiger charge is 2.43. The van der Waals surface area contributed by atoms with Crippen LogP contribution in [0.25, 0.3) is 0 Å². The molecule has 2 saturated carbocycles. The summed E-state index contributed by atoms with van der Waals surface area (Å²) in [4.78, 5) is 22.9. The van der Waals surface area contributed by atoms with Crippen LogP contribution in [0.15, 0.2) is 0 Å². The third-order valence-corrected chi connectivity index (χ3v) is 4.10. The molecule has 0 bridgehead atoms. The molecule has 0 aromatic heterocycles. The summed E-state index contributed by atoms with van der Waals surface area (Å²) in [6.07, 6.45) is 3.95. The smallest absolute Gasteiger partial charge is 0.307 e. The van der Waals surface area contributed by atoms with E-state index in [0.717, 1.165) is 19.3 Å². The number of nitrogens with one attached hydrogen (secondary N) is 1. The second-order valence-electron chi connectivity index (χ2n) is 5.36. The summed E-state index contributed by atoms with van der Waals surface area (Å²) in [5.41, 5.74) is -0.118. The molecule has 96 valence electrons. The fourth-order valence-electron chi connectivity index (χ4n) is 2.54. The van der Waals surface area contributed by atoms with Gasteiger partial charge in [-0.1, -0.05) is 6.42 Å². The van der Waals surface area contributed by atoms with E-state index in [1.54, 1.807) is 0 Å². The summed E-state index contributed by atoms with van der Waals surface area (Å²) in [5, 5.41) is 20.9. The monoisotopic (exact) mass is 241 g/mol. The van der Waals surface area contributed by atoms with Crippen LogP contribution in [0.3, 0.4) is 0 Å². The molecule has 2 rings (SSSR count). The first kappa shape index (κ1) is 12.4. The van der Waals surface area contributed by atoms with Gasteiger partial charge in [-0.15, -0.1) is 0 Å². The molecule has 17 heavy (non-hydrogen) atoms. The summed E-state index contributed by atoms with van der Waals surface area (Å²) in [6, 6.07) is 0. The molecule has 0 spiro atoms. The van der Waals surface area contributed by atoms with Gasteiger partial charge in [0.1, 0.15) is 0 Å². The van der Waals surface area contributed by atoms with E-state index in [-0.39, 0.29) is 23.8 Å². The van der Waals surface area contributed by atoms with Crippen LogP contribution < -0.4 is 5.32 Å². The number of rotatable bonds is 5. The zero-order chi connectivity index (χ0) is 12.5. The Balaban J connectivity index is 1.85. The van der Waals surface area contributed by atoms with Crippen LogP contribution in [0, 0.1) is 17.3 Å². The average Bonchev–Trinajstić information content (AvgIpc) is 2.91. The average molecular weight is 241 g/mol. The Morgan fingerprint density at radius 1 is 1.24 bits per heavy atom. The highest BCUT2D eigenvalue weighted by Crippen LogP contribution is 2.44. The van der Waals surface area contributed by atoms with Gasteiger partial charge in [0.15, 0.2) is 0 Å². The van der Waals surface area contributed by atoms with Crippen molar-refractivity contribution >= 4 is 11.9 Å². The van der Waals surface area contributed by atoms with Gasteiger partial charge in [0.2, 0.25) is 5.91 Å². The zero-order valence-corrected chi connectivity index (χ0v) is 9.82. The van der Waals surface area contributed by atoms with Crippen LogP contribution in [-0.4, -0.2) is 35.2 Å². The van der Waals surface area contributed by atoms with E-state index in [1.807, 2.05) is 0 Å². The Morgan fingerprint density at radius 2 is 1.88 bits per heavy atom. The van der Waals surface area contributed by atoms with Gasteiger partial charge in [0.25, 0.3) is 0 Å². The number of carboxylic acids is 1. The van der Waals surface area contributed by atoms with Crippen LogP contribution in [0.1, 0.15) is 32.1 Å². The Labute approximate surface area is 100 Å². The third-order valence-electron chi connectivity index (χ3n) is 4.10. The largest absolute Gasteiger partial charge is 0.481 e. The van der Waals surface area contributed by atoms with Crippen molar-refractivity contribution in [2.24, 2.45) is 17.3 Å². The van der Waals surface area contributed by atoms with Crippen molar-refractivity contribution in [2.45, 2.75) is 32.1 Å². The van der Waals surface area contributed by atoms with Crippen molar-refractivity contribution < 1.29 is 19.8 Å². The van der Waals surface area contributed by atoms with E-state index in [1.165, 1.54) is 0 Å². The zero-order valence-electron chi connectivity index (χ0n) is 9.82. The molecule has 5 nitrogen and oxygen atoms in total. The van der Waals surface area contributed by atoms with E-state index >= 15 is 0 Å². The molecule has 0 heterocycles. The van der Waals surface area contributed by atoms with Crippen LogP contribution in [0.2, 0.25) is 0 Å². The van der Waals surface area contributed by atoms with Crippen molar-refractivity contribution in [1.82, 2.24) is 5.32 Å².